The smallest absolute Gasteiger partial charge is 0.0406 e. The molecular weight excluding hydrogens is 259 g/mol. The molecule has 1 aliphatic rings. The van der Waals surface area contributed by atoms with Crippen molar-refractivity contribution in [1.82, 2.24) is 0 Å². The predicted molar refractivity (Wildman–Crippen MR) is 65.2 cm³/mol. The lowest BCUT2D eigenvalue weighted by Gasteiger charge is -2.10. The van der Waals surface area contributed by atoms with Gasteiger partial charge in [-0.1, -0.05) is 46.6 Å². The molecule has 0 bridgehead atoms. The zero-order valence-corrected chi connectivity index (χ0v) is 10.6. The fourth-order valence-electron chi connectivity index (χ4n) is 2.03. The van der Waals surface area contributed by atoms with Crippen LogP contribution in [0.15, 0.2) is 24.3 Å². The Morgan fingerprint density at radius 2 is 2.07 bits per heavy atom. The van der Waals surface area contributed by atoms with Crippen LogP contribution in [0.2, 0.25) is 5.02 Å². The van der Waals surface area contributed by atoms with Gasteiger partial charge in [0.1, 0.15) is 0 Å². The van der Waals surface area contributed by atoms with Crippen LogP contribution in [0.25, 0.3) is 0 Å². The number of alkyl halides is 1. The summed E-state index contributed by atoms with van der Waals surface area (Å²) in [5.41, 5.74) is 1.93. The molecule has 1 aromatic rings. The van der Waals surface area contributed by atoms with Crippen molar-refractivity contribution in [3.05, 3.63) is 34.9 Å². The van der Waals surface area contributed by atoms with Crippen molar-refractivity contribution in [3.8, 4) is 0 Å². The van der Waals surface area contributed by atoms with Gasteiger partial charge in [0.25, 0.3) is 0 Å². The molecule has 1 aliphatic carbocycles. The molecule has 2 unspecified atom stereocenters. The molecular formula is C12H14BrCl. The van der Waals surface area contributed by atoms with Gasteiger partial charge >= 0.3 is 0 Å². The Bertz CT molecular complexity index is 320. The third kappa shape index (κ3) is 2.14. The minimum absolute atomic E-state index is 0.525. The Hall–Kier alpha value is -0.0100. The maximum atomic E-state index is 5.85. The van der Waals surface area contributed by atoms with Crippen molar-refractivity contribution < 1.29 is 0 Å². The number of hydrogen-bond donors (Lipinski definition) is 0. The number of halogens is 2. The number of hydrogen-bond acceptors (Lipinski definition) is 0. The van der Waals surface area contributed by atoms with E-state index in [0.717, 1.165) is 16.3 Å². The molecule has 2 atom stereocenters. The number of benzene rings is 1. The molecule has 1 fully saturated rings. The lowest BCUT2D eigenvalue weighted by molar-refractivity contribution is 0.522. The first kappa shape index (κ1) is 10.5. The normalized spacial score (nSPS) is 30.4. The van der Waals surface area contributed by atoms with E-state index < -0.39 is 0 Å². The second-order valence-electron chi connectivity index (χ2n) is 4.51. The molecule has 2 heteroatoms. The van der Waals surface area contributed by atoms with E-state index in [2.05, 4.69) is 35.0 Å². The average Bonchev–Trinajstić information content (AvgIpc) is 2.81. The van der Waals surface area contributed by atoms with Crippen LogP contribution >= 0.6 is 27.5 Å². The van der Waals surface area contributed by atoms with Crippen molar-refractivity contribution >= 4 is 27.5 Å². The molecule has 0 heterocycles. The van der Waals surface area contributed by atoms with Crippen LogP contribution in [0.4, 0.5) is 0 Å². The van der Waals surface area contributed by atoms with Crippen molar-refractivity contribution in [2.45, 2.75) is 19.8 Å². The van der Waals surface area contributed by atoms with Gasteiger partial charge in [0.05, 0.1) is 0 Å². The van der Waals surface area contributed by atoms with Crippen molar-refractivity contribution in [2.75, 3.05) is 5.33 Å². The standard InChI is InChI=1S/C12H14BrCl/c1-12(7-10(12)8-13)6-9-2-4-11(14)5-3-9/h2-5,10H,6-8H2,1H3. The van der Waals surface area contributed by atoms with Crippen LogP contribution in [0, 0.1) is 11.3 Å². The molecule has 1 aromatic carbocycles. The predicted octanol–water partition coefficient (Wildman–Crippen LogP) is 4.30. The third-order valence-corrected chi connectivity index (χ3v) is 4.28. The van der Waals surface area contributed by atoms with Crippen LogP contribution in [0.1, 0.15) is 18.9 Å². The van der Waals surface area contributed by atoms with Crippen LogP contribution in [0.5, 0.6) is 0 Å². The zero-order valence-electron chi connectivity index (χ0n) is 8.26. The van der Waals surface area contributed by atoms with Gasteiger partial charge < -0.3 is 0 Å². The summed E-state index contributed by atoms with van der Waals surface area (Å²) in [5, 5.41) is 1.96. The van der Waals surface area contributed by atoms with Gasteiger partial charge in [-0.3, -0.25) is 0 Å². The fraction of sp³-hybridized carbons (Fsp3) is 0.500. The van der Waals surface area contributed by atoms with Crippen molar-refractivity contribution in [2.24, 2.45) is 11.3 Å². The Labute approximate surface area is 98.8 Å². The highest BCUT2D eigenvalue weighted by molar-refractivity contribution is 9.09. The van der Waals surface area contributed by atoms with E-state index in [9.17, 15) is 0 Å². The highest BCUT2D eigenvalue weighted by Crippen LogP contribution is 2.55. The van der Waals surface area contributed by atoms with Gasteiger partial charge in [-0.05, 0) is 41.9 Å². The molecule has 0 aromatic heterocycles. The lowest BCUT2D eigenvalue weighted by Crippen LogP contribution is -2.03. The second-order valence-corrected chi connectivity index (χ2v) is 5.60. The Morgan fingerprint density at radius 3 is 2.57 bits per heavy atom. The summed E-state index contributed by atoms with van der Waals surface area (Å²) in [4.78, 5) is 0. The van der Waals surface area contributed by atoms with E-state index in [0.29, 0.717) is 5.41 Å². The van der Waals surface area contributed by atoms with E-state index in [1.165, 1.54) is 18.4 Å². The molecule has 0 radical (unpaired) electrons. The topological polar surface area (TPSA) is 0 Å². The molecule has 0 amide bonds. The molecule has 0 nitrogen and oxygen atoms in total. The summed E-state index contributed by atoms with van der Waals surface area (Å²) >= 11 is 9.40. The monoisotopic (exact) mass is 272 g/mol. The summed E-state index contributed by atoms with van der Waals surface area (Å²) in [6.07, 6.45) is 2.53. The summed E-state index contributed by atoms with van der Waals surface area (Å²) in [5.74, 6) is 0.859. The first-order valence-corrected chi connectivity index (χ1v) is 6.44. The fourth-order valence-corrected chi connectivity index (χ4v) is 3.17. The van der Waals surface area contributed by atoms with E-state index in [4.69, 9.17) is 11.6 Å². The quantitative estimate of drug-likeness (QED) is 0.720. The Balaban J connectivity index is 2.02. The van der Waals surface area contributed by atoms with Gasteiger partial charge in [-0.15, -0.1) is 0 Å². The van der Waals surface area contributed by atoms with Gasteiger partial charge in [-0.25, -0.2) is 0 Å². The highest BCUT2D eigenvalue weighted by atomic mass is 79.9. The maximum absolute atomic E-state index is 5.85. The summed E-state index contributed by atoms with van der Waals surface area (Å²) in [7, 11) is 0. The first-order chi connectivity index (χ1) is 6.64. The molecule has 0 saturated heterocycles. The van der Waals surface area contributed by atoms with Crippen LogP contribution in [-0.4, -0.2) is 5.33 Å². The van der Waals surface area contributed by atoms with Crippen LogP contribution < -0.4 is 0 Å². The summed E-state index contributed by atoms with van der Waals surface area (Å²) in [6.45, 7) is 2.37. The van der Waals surface area contributed by atoms with Crippen LogP contribution in [-0.2, 0) is 6.42 Å². The minimum Gasteiger partial charge on any atom is -0.0925 e. The number of rotatable bonds is 3. The summed E-state index contributed by atoms with van der Waals surface area (Å²) in [6, 6.07) is 8.23. The lowest BCUT2D eigenvalue weighted by atomic mass is 9.96. The Kier molecular flexibility index (Phi) is 2.90. The van der Waals surface area contributed by atoms with Crippen molar-refractivity contribution in [1.29, 1.82) is 0 Å². The molecule has 0 spiro atoms. The zero-order chi connectivity index (χ0) is 10.2. The Morgan fingerprint density at radius 1 is 1.43 bits per heavy atom. The molecule has 14 heavy (non-hydrogen) atoms. The molecule has 2 rings (SSSR count). The first-order valence-electron chi connectivity index (χ1n) is 4.94. The largest absolute Gasteiger partial charge is 0.0925 e. The highest BCUT2D eigenvalue weighted by Gasteiger charge is 2.48. The van der Waals surface area contributed by atoms with Crippen molar-refractivity contribution in [3.63, 3.8) is 0 Å². The van der Waals surface area contributed by atoms with Gasteiger partial charge in [0, 0.05) is 10.4 Å². The SMILES string of the molecule is CC1(Cc2ccc(Cl)cc2)CC1CBr. The van der Waals surface area contributed by atoms with E-state index in [1.807, 2.05) is 12.1 Å². The maximum Gasteiger partial charge on any atom is 0.0406 e. The van der Waals surface area contributed by atoms with Gasteiger partial charge in [0.2, 0.25) is 0 Å². The molecule has 0 aliphatic heterocycles. The average molecular weight is 274 g/mol. The van der Waals surface area contributed by atoms with Gasteiger partial charge in [0.15, 0.2) is 0 Å². The van der Waals surface area contributed by atoms with Gasteiger partial charge in [-0.2, -0.15) is 0 Å². The second kappa shape index (κ2) is 3.86. The van der Waals surface area contributed by atoms with E-state index in [1.54, 1.807) is 0 Å². The molecule has 0 N–H and O–H groups in total. The third-order valence-electron chi connectivity index (χ3n) is 3.25. The molecule has 1 saturated carbocycles. The minimum atomic E-state index is 0.525. The van der Waals surface area contributed by atoms with E-state index in [-0.39, 0.29) is 0 Å². The van der Waals surface area contributed by atoms with Crippen LogP contribution in [0.3, 0.4) is 0 Å². The summed E-state index contributed by atoms with van der Waals surface area (Å²) < 4.78 is 0. The molecule has 76 valence electrons. The van der Waals surface area contributed by atoms with E-state index >= 15 is 0 Å².